The van der Waals surface area contributed by atoms with Gasteiger partial charge in [0.2, 0.25) is 5.43 Å². The monoisotopic (exact) mass is 279 g/mol. The minimum Gasteiger partial charge on any atom is -0.351 e. The number of nitrogens with one attached hydrogen (secondary N) is 1. The summed E-state index contributed by atoms with van der Waals surface area (Å²) in [5.41, 5.74) is 0.136. The van der Waals surface area contributed by atoms with Crippen LogP contribution in [0.1, 0.15) is 23.8 Å². The molecule has 0 bridgehead atoms. The first-order valence-electron chi connectivity index (χ1n) is 5.99. The van der Waals surface area contributed by atoms with Crippen LogP contribution >= 0.6 is 11.6 Å². The van der Waals surface area contributed by atoms with Crippen molar-refractivity contribution >= 4 is 28.4 Å². The summed E-state index contributed by atoms with van der Waals surface area (Å²) in [7, 11) is 1.69. The summed E-state index contributed by atoms with van der Waals surface area (Å²) in [5, 5.41) is 7.53. The van der Waals surface area contributed by atoms with Gasteiger partial charge in [0.05, 0.1) is 10.9 Å². The number of aryl methyl sites for hydroxylation is 1. The van der Waals surface area contributed by atoms with Gasteiger partial charge in [-0.05, 0) is 24.6 Å². The highest BCUT2D eigenvalue weighted by atomic mass is 35.5. The lowest BCUT2D eigenvalue weighted by Crippen LogP contribution is -2.32. The van der Waals surface area contributed by atoms with E-state index in [1.54, 1.807) is 25.2 Å². The summed E-state index contributed by atoms with van der Waals surface area (Å²) >= 11 is 5.89. The van der Waals surface area contributed by atoms with Crippen molar-refractivity contribution in [1.29, 1.82) is 0 Å². The van der Waals surface area contributed by atoms with Crippen molar-refractivity contribution in [2.24, 2.45) is 7.05 Å². The summed E-state index contributed by atoms with van der Waals surface area (Å²) in [6.07, 6.45) is 0.797. The van der Waals surface area contributed by atoms with Crippen LogP contribution < -0.4 is 10.7 Å². The number of fused-ring (bicyclic) bond motifs is 1. The van der Waals surface area contributed by atoms with Crippen LogP contribution in [0, 0.1) is 0 Å². The fourth-order valence-electron chi connectivity index (χ4n) is 1.82. The average Bonchev–Trinajstić information content (AvgIpc) is 2.40. The SMILES string of the molecule is CCCNC(=O)c1nn(C)c2ccc(Cl)cc2c1=O. The van der Waals surface area contributed by atoms with Crippen molar-refractivity contribution in [2.45, 2.75) is 13.3 Å². The van der Waals surface area contributed by atoms with Gasteiger partial charge in [0.25, 0.3) is 5.91 Å². The zero-order chi connectivity index (χ0) is 14.0. The van der Waals surface area contributed by atoms with Crippen LogP contribution in [0.15, 0.2) is 23.0 Å². The Hall–Kier alpha value is -1.88. The highest BCUT2D eigenvalue weighted by molar-refractivity contribution is 6.31. The van der Waals surface area contributed by atoms with E-state index in [2.05, 4.69) is 10.4 Å². The topological polar surface area (TPSA) is 64.0 Å². The molecule has 5 nitrogen and oxygen atoms in total. The second kappa shape index (κ2) is 5.40. The normalized spacial score (nSPS) is 10.7. The molecule has 1 aromatic carbocycles. The smallest absolute Gasteiger partial charge is 0.275 e. The molecule has 0 aliphatic rings. The average molecular weight is 280 g/mol. The zero-order valence-corrected chi connectivity index (χ0v) is 11.5. The van der Waals surface area contributed by atoms with E-state index in [-0.39, 0.29) is 5.69 Å². The summed E-state index contributed by atoms with van der Waals surface area (Å²) in [5.74, 6) is -0.454. The number of nitrogens with zero attached hydrogens (tertiary/aromatic N) is 2. The molecule has 0 fully saturated rings. The zero-order valence-electron chi connectivity index (χ0n) is 10.7. The molecule has 0 aliphatic carbocycles. The first-order chi connectivity index (χ1) is 9.04. The fraction of sp³-hybridized carbons (Fsp3) is 0.308. The van der Waals surface area contributed by atoms with Crippen LogP contribution in [0.5, 0.6) is 0 Å². The van der Waals surface area contributed by atoms with E-state index in [1.165, 1.54) is 4.68 Å². The summed E-state index contributed by atoms with van der Waals surface area (Å²) in [6, 6.07) is 4.94. The number of aromatic nitrogens is 2. The molecule has 2 aromatic rings. The van der Waals surface area contributed by atoms with Gasteiger partial charge in [-0.15, -0.1) is 0 Å². The molecule has 0 saturated carbocycles. The summed E-state index contributed by atoms with van der Waals surface area (Å²) in [4.78, 5) is 24.1. The van der Waals surface area contributed by atoms with Gasteiger partial charge in [-0.25, -0.2) is 0 Å². The Kier molecular flexibility index (Phi) is 3.85. The molecule has 6 heteroatoms. The number of halogens is 1. The lowest BCUT2D eigenvalue weighted by molar-refractivity contribution is 0.0945. The lowest BCUT2D eigenvalue weighted by Gasteiger charge is -2.08. The molecule has 0 saturated heterocycles. The van der Waals surface area contributed by atoms with E-state index >= 15 is 0 Å². The molecule has 0 spiro atoms. The molecule has 100 valence electrons. The maximum atomic E-state index is 12.2. The molecule has 1 aromatic heterocycles. The molecule has 1 N–H and O–H groups in total. The van der Waals surface area contributed by atoms with Crippen LogP contribution in [0.25, 0.3) is 10.9 Å². The highest BCUT2D eigenvalue weighted by Crippen LogP contribution is 2.15. The van der Waals surface area contributed by atoms with E-state index in [9.17, 15) is 9.59 Å². The second-order valence-electron chi connectivity index (χ2n) is 4.22. The molecule has 0 atom stereocenters. The van der Waals surface area contributed by atoms with Crippen molar-refractivity contribution in [1.82, 2.24) is 15.1 Å². The van der Waals surface area contributed by atoms with Gasteiger partial charge in [0.15, 0.2) is 5.69 Å². The first-order valence-corrected chi connectivity index (χ1v) is 6.37. The number of amides is 1. The third-order valence-corrected chi connectivity index (χ3v) is 3.00. The van der Waals surface area contributed by atoms with Gasteiger partial charge < -0.3 is 5.32 Å². The third-order valence-electron chi connectivity index (χ3n) is 2.77. The molecule has 0 radical (unpaired) electrons. The second-order valence-corrected chi connectivity index (χ2v) is 4.66. The minimum atomic E-state index is -0.454. The lowest BCUT2D eigenvalue weighted by atomic mass is 10.2. The van der Waals surface area contributed by atoms with E-state index in [0.29, 0.717) is 22.5 Å². The van der Waals surface area contributed by atoms with Crippen molar-refractivity contribution in [3.63, 3.8) is 0 Å². The van der Waals surface area contributed by atoms with Crippen LogP contribution in [0.3, 0.4) is 0 Å². The van der Waals surface area contributed by atoms with Crippen molar-refractivity contribution in [3.05, 3.63) is 39.1 Å². The molecule has 0 unspecified atom stereocenters. The Bertz CT molecular complexity index is 694. The number of rotatable bonds is 3. The number of hydrogen-bond donors (Lipinski definition) is 1. The Labute approximate surface area is 115 Å². The summed E-state index contributed by atoms with van der Waals surface area (Å²) in [6.45, 7) is 2.45. The van der Waals surface area contributed by atoms with E-state index < -0.39 is 11.3 Å². The Morgan fingerprint density at radius 3 is 2.89 bits per heavy atom. The van der Waals surface area contributed by atoms with Gasteiger partial charge in [0.1, 0.15) is 0 Å². The molecule has 1 heterocycles. The van der Waals surface area contributed by atoms with Crippen molar-refractivity contribution in [2.75, 3.05) is 6.54 Å². The number of benzene rings is 1. The van der Waals surface area contributed by atoms with Gasteiger partial charge in [-0.3, -0.25) is 14.3 Å². The number of carbonyl (C=O) groups is 1. The fourth-order valence-corrected chi connectivity index (χ4v) is 1.99. The van der Waals surface area contributed by atoms with Crippen LogP contribution in [0.2, 0.25) is 5.02 Å². The molecule has 19 heavy (non-hydrogen) atoms. The number of hydrogen-bond acceptors (Lipinski definition) is 3. The van der Waals surface area contributed by atoms with E-state index in [0.717, 1.165) is 6.42 Å². The van der Waals surface area contributed by atoms with Gasteiger partial charge in [0, 0.05) is 18.6 Å². The summed E-state index contributed by atoms with van der Waals surface area (Å²) < 4.78 is 1.51. The van der Waals surface area contributed by atoms with Gasteiger partial charge in [-0.2, -0.15) is 5.10 Å². The maximum Gasteiger partial charge on any atom is 0.275 e. The molecule has 2 rings (SSSR count). The first kappa shape index (κ1) is 13.5. The van der Waals surface area contributed by atoms with Gasteiger partial charge >= 0.3 is 0 Å². The van der Waals surface area contributed by atoms with Gasteiger partial charge in [-0.1, -0.05) is 18.5 Å². The highest BCUT2D eigenvalue weighted by Gasteiger charge is 2.16. The van der Waals surface area contributed by atoms with E-state index in [4.69, 9.17) is 11.6 Å². The van der Waals surface area contributed by atoms with Crippen LogP contribution in [0.4, 0.5) is 0 Å². The molecule has 0 aliphatic heterocycles. The Balaban J connectivity index is 2.61. The molecule has 1 amide bonds. The predicted molar refractivity (Wildman–Crippen MR) is 74.6 cm³/mol. The third kappa shape index (κ3) is 2.61. The quantitative estimate of drug-likeness (QED) is 0.930. The van der Waals surface area contributed by atoms with Crippen LogP contribution in [-0.2, 0) is 7.05 Å². The minimum absolute atomic E-state index is 0.106. The molecular weight excluding hydrogens is 266 g/mol. The number of carbonyl (C=O) groups excluding carboxylic acids is 1. The van der Waals surface area contributed by atoms with E-state index in [1.807, 2.05) is 6.92 Å². The predicted octanol–water partition coefficient (Wildman–Crippen LogP) is 1.73. The van der Waals surface area contributed by atoms with Crippen LogP contribution in [-0.4, -0.2) is 22.2 Å². The van der Waals surface area contributed by atoms with Crippen molar-refractivity contribution < 1.29 is 4.79 Å². The molecular formula is C13H14ClN3O2. The maximum absolute atomic E-state index is 12.2. The standard InChI is InChI=1S/C13H14ClN3O2/c1-3-6-15-13(19)11-12(18)9-7-8(14)4-5-10(9)17(2)16-11/h4-5,7H,3,6H2,1-2H3,(H,15,19). The van der Waals surface area contributed by atoms with Crippen molar-refractivity contribution in [3.8, 4) is 0 Å². The Morgan fingerprint density at radius 1 is 1.47 bits per heavy atom. The Morgan fingerprint density at radius 2 is 2.21 bits per heavy atom. The largest absolute Gasteiger partial charge is 0.351 e.